The summed E-state index contributed by atoms with van der Waals surface area (Å²) in [5, 5.41) is 6.91. The van der Waals surface area contributed by atoms with Crippen LogP contribution >= 0.6 is 0 Å². The number of nitrogens with one attached hydrogen (secondary N) is 2. The molecule has 0 aromatic rings. The van der Waals surface area contributed by atoms with E-state index < -0.39 is 5.60 Å². The molecule has 22 heavy (non-hydrogen) atoms. The Kier molecular flexibility index (Phi) is 6.09. The van der Waals surface area contributed by atoms with Gasteiger partial charge < -0.3 is 20.3 Å². The van der Waals surface area contributed by atoms with Crippen molar-refractivity contribution in [2.45, 2.75) is 83.0 Å². The van der Waals surface area contributed by atoms with Crippen molar-refractivity contribution in [2.75, 3.05) is 20.1 Å². The third kappa shape index (κ3) is 5.76. The van der Waals surface area contributed by atoms with Crippen LogP contribution in [0.2, 0.25) is 0 Å². The van der Waals surface area contributed by atoms with Crippen molar-refractivity contribution in [1.29, 1.82) is 0 Å². The van der Waals surface area contributed by atoms with Crippen LogP contribution in [0.5, 0.6) is 0 Å². The fraction of sp³-hybridized carbons (Fsp3) is 0.941. The van der Waals surface area contributed by atoms with E-state index in [1.54, 1.807) is 0 Å². The van der Waals surface area contributed by atoms with Crippen molar-refractivity contribution < 1.29 is 9.53 Å². The standard InChI is InChI=1S/C17H33N3O2/c1-17(2,3)22-16(21)19-15-9-7-5-6-8-14(15)18-13-10-11-20(4)12-13/h13-15,18H,5-12H2,1-4H3,(H,19,21). The van der Waals surface area contributed by atoms with Gasteiger partial charge in [0.05, 0.1) is 0 Å². The Bertz CT molecular complexity index is 367. The molecule has 0 aromatic carbocycles. The molecule has 1 heterocycles. The minimum atomic E-state index is -0.439. The maximum Gasteiger partial charge on any atom is 0.407 e. The maximum absolute atomic E-state index is 12.1. The molecule has 0 spiro atoms. The van der Waals surface area contributed by atoms with Crippen LogP contribution in [0.25, 0.3) is 0 Å². The smallest absolute Gasteiger partial charge is 0.407 e. The van der Waals surface area contributed by atoms with E-state index in [1.165, 1.54) is 25.7 Å². The normalized spacial score (nSPS) is 30.8. The number of ether oxygens (including phenoxy) is 1. The van der Waals surface area contributed by atoms with E-state index in [4.69, 9.17) is 4.74 Å². The molecule has 3 unspecified atom stereocenters. The average molecular weight is 311 g/mol. The molecule has 128 valence electrons. The summed E-state index contributed by atoms with van der Waals surface area (Å²) in [6.07, 6.45) is 6.78. The highest BCUT2D eigenvalue weighted by Gasteiger charge is 2.30. The third-order valence-electron chi connectivity index (χ3n) is 4.56. The lowest BCUT2D eigenvalue weighted by Gasteiger charge is -2.31. The van der Waals surface area contributed by atoms with Crippen LogP contribution in [0, 0.1) is 0 Å². The maximum atomic E-state index is 12.1. The number of amides is 1. The zero-order valence-electron chi connectivity index (χ0n) is 14.7. The van der Waals surface area contributed by atoms with Crippen molar-refractivity contribution in [3.63, 3.8) is 0 Å². The molecule has 3 atom stereocenters. The van der Waals surface area contributed by atoms with Crippen LogP contribution in [-0.4, -0.2) is 54.9 Å². The van der Waals surface area contributed by atoms with Gasteiger partial charge in [-0.25, -0.2) is 4.79 Å². The first kappa shape index (κ1) is 17.5. The van der Waals surface area contributed by atoms with Crippen LogP contribution in [-0.2, 0) is 4.74 Å². The van der Waals surface area contributed by atoms with E-state index >= 15 is 0 Å². The second-order valence-electron chi connectivity index (χ2n) is 7.91. The number of carbonyl (C=O) groups excluding carboxylic acids is 1. The second-order valence-corrected chi connectivity index (χ2v) is 7.91. The summed E-state index contributed by atoms with van der Waals surface area (Å²) in [7, 11) is 2.17. The van der Waals surface area contributed by atoms with Gasteiger partial charge >= 0.3 is 6.09 Å². The number of nitrogens with zero attached hydrogens (tertiary/aromatic N) is 1. The highest BCUT2D eigenvalue weighted by atomic mass is 16.6. The molecule has 5 nitrogen and oxygen atoms in total. The lowest BCUT2D eigenvalue weighted by molar-refractivity contribution is 0.0488. The van der Waals surface area contributed by atoms with Crippen LogP contribution < -0.4 is 10.6 Å². The number of hydrogen-bond donors (Lipinski definition) is 2. The van der Waals surface area contributed by atoms with E-state index in [0.29, 0.717) is 12.1 Å². The number of hydrogen-bond acceptors (Lipinski definition) is 4. The largest absolute Gasteiger partial charge is 0.444 e. The van der Waals surface area contributed by atoms with Gasteiger partial charge in [0.15, 0.2) is 0 Å². The van der Waals surface area contributed by atoms with Gasteiger partial charge in [-0.3, -0.25) is 0 Å². The fourth-order valence-electron chi connectivity index (χ4n) is 3.51. The minimum Gasteiger partial charge on any atom is -0.444 e. The number of likely N-dealkylation sites (tertiary alicyclic amines) is 1. The van der Waals surface area contributed by atoms with E-state index in [1.807, 2.05) is 20.8 Å². The summed E-state index contributed by atoms with van der Waals surface area (Å²) in [5.41, 5.74) is -0.439. The second kappa shape index (κ2) is 7.64. The molecular weight excluding hydrogens is 278 g/mol. The first-order chi connectivity index (χ1) is 10.3. The Morgan fingerprint density at radius 2 is 1.77 bits per heavy atom. The Morgan fingerprint density at radius 1 is 1.09 bits per heavy atom. The van der Waals surface area contributed by atoms with E-state index in [9.17, 15) is 4.79 Å². The predicted molar refractivity (Wildman–Crippen MR) is 89.1 cm³/mol. The first-order valence-corrected chi connectivity index (χ1v) is 8.77. The molecule has 1 amide bonds. The Hall–Kier alpha value is -0.810. The third-order valence-corrected chi connectivity index (χ3v) is 4.56. The summed E-state index contributed by atoms with van der Waals surface area (Å²) in [4.78, 5) is 14.5. The Morgan fingerprint density at radius 3 is 2.36 bits per heavy atom. The number of likely N-dealkylation sites (N-methyl/N-ethyl adjacent to an activating group) is 1. The molecule has 5 heteroatoms. The quantitative estimate of drug-likeness (QED) is 0.786. The van der Waals surface area contributed by atoms with E-state index in [-0.39, 0.29) is 12.1 Å². The van der Waals surface area contributed by atoms with Crippen molar-refractivity contribution >= 4 is 6.09 Å². The summed E-state index contributed by atoms with van der Waals surface area (Å²) < 4.78 is 5.43. The van der Waals surface area contributed by atoms with Gasteiger partial charge in [0.25, 0.3) is 0 Å². The van der Waals surface area contributed by atoms with Crippen molar-refractivity contribution in [3.8, 4) is 0 Å². The molecular formula is C17H33N3O2. The Labute approximate surface area is 135 Å². The van der Waals surface area contributed by atoms with Gasteiger partial charge in [-0.1, -0.05) is 19.3 Å². The lowest BCUT2D eigenvalue weighted by atomic mass is 10.0. The SMILES string of the molecule is CN1CCC(NC2CCCCCC2NC(=O)OC(C)(C)C)C1. The van der Waals surface area contributed by atoms with Gasteiger partial charge in [-0.05, 0) is 53.6 Å². The van der Waals surface area contributed by atoms with Gasteiger partial charge in [-0.15, -0.1) is 0 Å². The number of alkyl carbamates (subject to hydrolysis) is 1. The van der Waals surface area contributed by atoms with Gasteiger partial charge in [0.1, 0.15) is 5.60 Å². The summed E-state index contributed by atoms with van der Waals surface area (Å²) in [6, 6.07) is 1.10. The molecule has 1 saturated heterocycles. The summed E-state index contributed by atoms with van der Waals surface area (Å²) in [5.74, 6) is 0. The molecule has 1 aliphatic heterocycles. The Balaban J connectivity index is 1.90. The molecule has 0 bridgehead atoms. The molecule has 2 aliphatic rings. The van der Waals surface area contributed by atoms with Gasteiger partial charge in [0, 0.05) is 24.7 Å². The molecule has 0 aromatic heterocycles. The van der Waals surface area contributed by atoms with Crippen LogP contribution in [0.15, 0.2) is 0 Å². The van der Waals surface area contributed by atoms with Crippen molar-refractivity contribution in [3.05, 3.63) is 0 Å². The van der Waals surface area contributed by atoms with Gasteiger partial charge in [0.2, 0.25) is 0 Å². The topological polar surface area (TPSA) is 53.6 Å². The van der Waals surface area contributed by atoms with Crippen LogP contribution in [0.3, 0.4) is 0 Å². The first-order valence-electron chi connectivity index (χ1n) is 8.77. The summed E-state index contributed by atoms with van der Waals surface area (Å²) >= 11 is 0. The van der Waals surface area contributed by atoms with Crippen molar-refractivity contribution in [2.24, 2.45) is 0 Å². The molecule has 0 radical (unpaired) electrons. The van der Waals surface area contributed by atoms with Crippen LogP contribution in [0.4, 0.5) is 4.79 Å². The number of rotatable bonds is 3. The fourth-order valence-corrected chi connectivity index (χ4v) is 3.51. The highest BCUT2D eigenvalue weighted by molar-refractivity contribution is 5.68. The minimum absolute atomic E-state index is 0.184. The molecule has 2 N–H and O–H groups in total. The zero-order chi connectivity index (χ0) is 16.2. The highest BCUT2D eigenvalue weighted by Crippen LogP contribution is 2.21. The molecule has 2 fully saturated rings. The molecule has 1 saturated carbocycles. The van der Waals surface area contributed by atoms with Crippen LogP contribution in [0.1, 0.15) is 59.3 Å². The average Bonchev–Trinajstić information content (AvgIpc) is 2.66. The number of carbonyl (C=O) groups is 1. The monoisotopic (exact) mass is 311 g/mol. The lowest BCUT2D eigenvalue weighted by Crippen LogP contribution is -2.53. The molecule has 2 rings (SSSR count). The zero-order valence-corrected chi connectivity index (χ0v) is 14.7. The van der Waals surface area contributed by atoms with E-state index in [2.05, 4.69) is 22.6 Å². The summed E-state index contributed by atoms with van der Waals surface area (Å²) in [6.45, 7) is 7.99. The van der Waals surface area contributed by atoms with Crippen molar-refractivity contribution in [1.82, 2.24) is 15.5 Å². The van der Waals surface area contributed by atoms with Gasteiger partial charge in [-0.2, -0.15) is 0 Å². The van der Waals surface area contributed by atoms with E-state index in [0.717, 1.165) is 25.9 Å². The molecule has 1 aliphatic carbocycles. The predicted octanol–water partition coefficient (Wildman–Crippen LogP) is 2.51.